The molecule has 2 aliphatic heterocycles. The maximum Gasteiger partial charge on any atom is 0.169 e. The molecule has 0 aliphatic carbocycles. The second-order valence-electron chi connectivity index (χ2n) is 3.26. The third-order valence-electron chi connectivity index (χ3n) is 2.52. The van der Waals surface area contributed by atoms with E-state index in [9.17, 15) is 5.11 Å². The molecule has 1 N–H and O–H groups in total. The van der Waals surface area contributed by atoms with Gasteiger partial charge in [0.1, 0.15) is 18.2 Å². The minimum Gasteiger partial charge on any atom is -0.388 e. The third-order valence-corrected chi connectivity index (χ3v) is 2.52. The molecule has 5 atom stereocenters. The SMILES string of the molecule is COC1[C@H](O)C2CO[C@H](O2)[C@H]1N=[N+]=[N-]. The van der Waals surface area contributed by atoms with Gasteiger partial charge in [-0.1, -0.05) is 5.11 Å². The van der Waals surface area contributed by atoms with Crippen LogP contribution in [0.2, 0.25) is 0 Å². The number of hydrogen-bond donors (Lipinski definition) is 1. The van der Waals surface area contributed by atoms with Crippen LogP contribution in [0.25, 0.3) is 10.4 Å². The lowest BCUT2D eigenvalue weighted by molar-refractivity contribution is -0.185. The number of hydrogen-bond acceptors (Lipinski definition) is 5. The van der Waals surface area contributed by atoms with Gasteiger partial charge < -0.3 is 19.3 Å². The molecule has 14 heavy (non-hydrogen) atoms. The van der Waals surface area contributed by atoms with Gasteiger partial charge in [0.15, 0.2) is 6.29 Å². The van der Waals surface area contributed by atoms with E-state index in [0.29, 0.717) is 6.61 Å². The Hall–Kier alpha value is -0.850. The minimum absolute atomic E-state index is 0.309. The predicted molar refractivity (Wildman–Crippen MR) is 44.4 cm³/mol. The first-order valence-electron chi connectivity index (χ1n) is 4.30. The zero-order valence-electron chi connectivity index (χ0n) is 7.61. The van der Waals surface area contributed by atoms with Crippen LogP contribution in [0.15, 0.2) is 5.11 Å². The second-order valence-corrected chi connectivity index (χ2v) is 3.26. The van der Waals surface area contributed by atoms with E-state index in [1.807, 2.05) is 0 Å². The zero-order valence-corrected chi connectivity index (χ0v) is 7.61. The van der Waals surface area contributed by atoms with Crippen molar-refractivity contribution in [3.05, 3.63) is 10.4 Å². The van der Waals surface area contributed by atoms with Crippen molar-refractivity contribution < 1.29 is 19.3 Å². The van der Waals surface area contributed by atoms with E-state index in [2.05, 4.69) is 10.0 Å². The lowest BCUT2D eigenvalue weighted by atomic mass is 9.99. The van der Waals surface area contributed by atoms with Gasteiger partial charge in [-0.2, -0.15) is 0 Å². The molecule has 2 bridgehead atoms. The number of fused-ring (bicyclic) bond motifs is 2. The number of methoxy groups -OCH3 is 1. The van der Waals surface area contributed by atoms with Gasteiger partial charge in [0, 0.05) is 12.0 Å². The molecule has 0 radical (unpaired) electrons. The Morgan fingerprint density at radius 2 is 2.43 bits per heavy atom. The normalized spacial score (nSPS) is 46.0. The zero-order chi connectivity index (χ0) is 10.1. The highest BCUT2D eigenvalue weighted by Gasteiger charge is 2.50. The van der Waals surface area contributed by atoms with E-state index >= 15 is 0 Å². The molecule has 78 valence electrons. The van der Waals surface area contributed by atoms with Crippen LogP contribution < -0.4 is 0 Å². The van der Waals surface area contributed by atoms with E-state index in [0.717, 1.165) is 0 Å². The van der Waals surface area contributed by atoms with E-state index in [4.69, 9.17) is 19.7 Å². The Morgan fingerprint density at radius 1 is 1.64 bits per heavy atom. The van der Waals surface area contributed by atoms with E-state index in [-0.39, 0.29) is 6.10 Å². The summed E-state index contributed by atoms with van der Waals surface area (Å²) in [6.07, 6.45) is -2.34. The molecular weight excluding hydrogens is 190 g/mol. The molecule has 2 saturated heterocycles. The average molecular weight is 201 g/mol. The first-order valence-corrected chi connectivity index (χ1v) is 4.30. The fraction of sp³-hybridized carbons (Fsp3) is 1.00. The van der Waals surface area contributed by atoms with Crippen molar-refractivity contribution in [1.82, 2.24) is 0 Å². The topological polar surface area (TPSA) is 96.7 Å². The monoisotopic (exact) mass is 201 g/mol. The minimum atomic E-state index is -0.811. The Bertz CT molecular complexity index is 268. The number of nitrogens with zero attached hydrogens (tertiary/aromatic N) is 3. The standard InChI is InChI=1S/C7H11N3O4/c1-12-6-4(9-10-8)7-13-2-3(14-7)5(6)11/h3-7,11H,2H2,1H3/t3?,4-,5+,6?,7+/m0/s1. The summed E-state index contributed by atoms with van der Waals surface area (Å²) in [4.78, 5) is 2.68. The molecule has 0 aromatic rings. The van der Waals surface area contributed by atoms with Gasteiger partial charge in [0.25, 0.3) is 0 Å². The molecule has 2 aliphatic rings. The highest BCUT2D eigenvalue weighted by Crippen LogP contribution is 2.31. The maximum atomic E-state index is 9.74. The first-order chi connectivity index (χ1) is 6.77. The summed E-state index contributed by atoms with van der Waals surface area (Å²) in [5.74, 6) is 0. The van der Waals surface area contributed by atoms with Crippen LogP contribution in [0.4, 0.5) is 0 Å². The molecule has 0 aromatic heterocycles. The average Bonchev–Trinajstić information content (AvgIpc) is 2.61. The summed E-state index contributed by atoms with van der Waals surface area (Å²) in [6.45, 7) is 0.309. The van der Waals surface area contributed by atoms with Crippen LogP contribution in [0.1, 0.15) is 0 Å². The molecule has 2 unspecified atom stereocenters. The first kappa shape index (κ1) is 9.70. The Balaban J connectivity index is 2.23. The van der Waals surface area contributed by atoms with Crippen molar-refractivity contribution >= 4 is 0 Å². The van der Waals surface area contributed by atoms with Crippen molar-refractivity contribution in [2.24, 2.45) is 5.11 Å². The molecule has 0 aromatic carbocycles. The molecule has 7 nitrogen and oxygen atoms in total. The number of aliphatic hydroxyl groups excluding tert-OH is 1. The largest absolute Gasteiger partial charge is 0.388 e. The summed E-state index contributed by atoms with van der Waals surface area (Å²) in [6, 6.07) is -0.626. The summed E-state index contributed by atoms with van der Waals surface area (Å²) < 4.78 is 15.6. The van der Waals surface area contributed by atoms with Crippen LogP contribution in [-0.2, 0) is 14.2 Å². The molecule has 0 saturated carbocycles. The maximum absolute atomic E-state index is 9.74. The highest BCUT2D eigenvalue weighted by atomic mass is 16.7. The number of aliphatic hydroxyl groups is 1. The van der Waals surface area contributed by atoms with E-state index in [1.165, 1.54) is 7.11 Å². The summed E-state index contributed by atoms with van der Waals surface area (Å²) >= 11 is 0. The molecule has 0 spiro atoms. The second kappa shape index (κ2) is 3.72. The quantitative estimate of drug-likeness (QED) is 0.380. The Kier molecular flexibility index (Phi) is 2.58. The summed E-state index contributed by atoms with van der Waals surface area (Å²) in [5.41, 5.74) is 8.36. The van der Waals surface area contributed by atoms with Crippen LogP contribution in [0, 0.1) is 0 Å². The lowest BCUT2D eigenvalue weighted by Gasteiger charge is -2.35. The van der Waals surface area contributed by atoms with Gasteiger partial charge >= 0.3 is 0 Å². The molecule has 2 rings (SSSR count). The predicted octanol–water partition coefficient (Wildman–Crippen LogP) is -0.204. The lowest BCUT2D eigenvalue weighted by Crippen LogP contribution is -2.53. The van der Waals surface area contributed by atoms with Gasteiger partial charge in [-0.25, -0.2) is 0 Å². The molecule has 2 heterocycles. The Labute approximate surface area is 80.2 Å². The van der Waals surface area contributed by atoms with Crippen molar-refractivity contribution in [3.63, 3.8) is 0 Å². The van der Waals surface area contributed by atoms with Crippen molar-refractivity contribution in [3.8, 4) is 0 Å². The summed E-state index contributed by atoms with van der Waals surface area (Å²) in [7, 11) is 1.46. The Morgan fingerprint density at radius 3 is 3.07 bits per heavy atom. The number of azide groups is 1. The molecule has 2 fully saturated rings. The van der Waals surface area contributed by atoms with Crippen LogP contribution >= 0.6 is 0 Å². The van der Waals surface area contributed by atoms with Gasteiger partial charge in [-0.05, 0) is 5.53 Å². The van der Waals surface area contributed by atoms with Gasteiger partial charge in [-0.15, -0.1) is 0 Å². The van der Waals surface area contributed by atoms with Crippen molar-refractivity contribution in [2.45, 2.75) is 30.6 Å². The smallest absolute Gasteiger partial charge is 0.169 e. The van der Waals surface area contributed by atoms with Gasteiger partial charge in [0.05, 0.1) is 12.7 Å². The van der Waals surface area contributed by atoms with Crippen LogP contribution in [0.5, 0.6) is 0 Å². The van der Waals surface area contributed by atoms with Gasteiger partial charge in [-0.3, -0.25) is 0 Å². The fourth-order valence-electron chi connectivity index (χ4n) is 1.83. The highest BCUT2D eigenvalue weighted by molar-refractivity contribution is 4.97. The van der Waals surface area contributed by atoms with E-state index in [1.54, 1.807) is 0 Å². The molecule has 7 heteroatoms. The number of rotatable bonds is 2. The van der Waals surface area contributed by atoms with Crippen LogP contribution in [-0.4, -0.2) is 49.5 Å². The number of ether oxygens (including phenoxy) is 3. The molecular formula is C7H11N3O4. The van der Waals surface area contributed by atoms with Crippen molar-refractivity contribution in [2.75, 3.05) is 13.7 Å². The fourth-order valence-corrected chi connectivity index (χ4v) is 1.83. The van der Waals surface area contributed by atoms with Crippen molar-refractivity contribution in [1.29, 1.82) is 0 Å². The van der Waals surface area contributed by atoms with E-state index < -0.39 is 24.5 Å². The molecule has 0 amide bonds. The summed E-state index contributed by atoms with van der Waals surface area (Å²) in [5, 5.41) is 13.2. The van der Waals surface area contributed by atoms with Gasteiger partial charge in [0.2, 0.25) is 0 Å². The third kappa shape index (κ3) is 1.35. The van der Waals surface area contributed by atoms with Crippen LogP contribution in [0.3, 0.4) is 0 Å².